The number of para-hydroxylation sites is 1. The highest BCUT2D eigenvalue weighted by Crippen LogP contribution is 2.23. The zero-order valence-corrected chi connectivity index (χ0v) is 12.5. The lowest BCUT2D eigenvalue weighted by Crippen LogP contribution is -2.15. The van der Waals surface area contributed by atoms with Gasteiger partial charge in [0, 0.05) is 16.6 Å². The van der Waals surface area contributed by atoms with E-state index in [2.05, 4.69) is 10.3 Å². The first-order valence-electron chi connectivity index (χ1n) is 7.17. The van der Waals surface area contributed by atoms with Crippen molar-refractivity contribution in [1.82, 2.24) is 4.98 Å². The zero-order valence-electron chi connectivity index (χ0n) is 12.5. The molecular formula is C18H17FN2O. The molecule has 0 spiro atoms. The summed E-state index contributed by atoms with van der Waals surface area (Å²) >= 11 is 0. The van der Waals surface area contributed by atoms with Crippen molar-refractivity contribution in [2.24, 2.45) is 0 Å². The molecular weight excluding hydrogens is 279 g/mol. The van der Waals surface area contributed by atoms with Crippen LogP contribution in [0.5, 0.6) is 0 Å². The van der Waals surface area contributed by atoms with Gasteiger partial charge in [-0.05, 0) is 43.2 Å². The van der Waals surface area contributed by atoms with Gasteiger partial charge in [0.1, 0.15) is 5.82 Å². The quantitative estimate of drug-likeness (QED) is 0.750. The van der Waals surface area contributed by atoms with Crippen LogP contribution in [-0.4, -0.2) is 10.9 Å². The summed E-state index contributed by atoms with van der Waals surface area (Å²) in [5.41, 5.74) is 3.95. The average molecular weight is 296 g/mol. The van der Waals surface area contributed by atoms with E-state index in [1.165, 1.54) is 6.07 Å². The molecule has 22 heavy (non-hydrogen) atoms. The van der Waals surface area contributed by atoms with Crippen LogP contribution < -0.4 is 5.32 Å². The van der Waals surface area contributed by atoms with Crippen molar-refractivity contribution in [3.63, 3.8) is 0 Å². The maximum absolute atomic E-state index is 13.8. The molecule has 2 aromatic carbocycles. The Balaban J connectivity index is 1.83. The van der Waals surface area contributed by atoms with Crippen molar-refractivity contribution >= 4 is 22.5 Å². The van der Waals surface area contributed by atoms with E-state index in [4.69, 9.17) is 0 Å². The number of aromatic nitrogens is 1. The molecule has 0 radical (unpaired) electrons. The van der Waals surface area contributed by atoms with Gasteiger partial charge in [0.25, 0.3) is 0 Å². The number of carbonyl (C=O) groups excluding carboxylic acids is 1. The molecule has 0 saturated carbocycles. The number of fused-ring (bicyclic) bond motifs is 1. The molecule has 0 aliphatic carbocycles. The summed E-state index contributed by atoms with van der Waals surface area (Å²) in [6.45, 7) is 3.75. The second kappa shape index (κ2) is 5.64. The Morgan fingerprint density at radius 2 is 1.95 bits per heavy atom. The first-order valence-corrected chi connectivity index (χ1v) is 7.17. The van der Waals surface area contributed by atoms with Crippen molar-refractivity contribution < 1.29 is 9.18 Å². The minimum atomic E-state index is -0.413. The topological polar surface area (TPSA) is 44.9 Å². The van der Waals surface area contributed by atoms with Crippen molar-refractivity contribution in [2.45, 2.75) is 20.3 Å². The lowest BCUT2D eigenvalue weighted by atomic mass is 10.1. The Hall–Kier alpha value is -2.62. The number of amides is 1. The van der Waals surface area contributed by atoms with Gasteiger partial charge in [0.15, 0.2) is 0 Å². The molecule has 0 aliphatic rings. The maximum Gasteiger partial charge on any atom is 0.228 e. The fourth-order valence-corrected chi connectivity index (χ4v) is 2.64. The summed E-state index contributed by atoms with van der Waals surface area (Å²) < 4.78 is 13.8. The third-order valence-corrected chi connectivity index (χ3v) is 3.76. The van der Waals surface area contributed by atoms with Crippen LogP contribution in [0.3, 0.4) is 0 Å². The molecule has 1 heterocycles. The zero-order chi connectivity index (χ0) is 15.7. The average Bonchev–Trinajstić information content (AvgIpc) is 2.78. The Kier molecular flexibility index (Phi) is 3.67. The fourth-order valence-electron chi connectivity index (χ4n) is 2.64. The number of aromatic amines is 1. The van der Waals surface area contributed by atoms with E-state index in [0.717, 1.165) is 27.7 Å². The minimum absolute atomic E-state index is 0.211. The van der Waals surface area contributed by atoms with Gasteiger partial charge in [-0.3, -0.25) is 4.79 Å². The summed E-state index contributed by atoms with van der Waals surface area (Å²) in [4.78, 5) is 15.5. The van der Waals surface area contributed by atoms with Gasteiger partial charge >= 0.3 is 0 Å². The van der Waals surface area contributed by atoms with Gasteiger partial charge < -0.3 is 10.3 Å². The molecule has 0 aliphatic heterocycles. The lowest BCUT2D eigenvalue weighted by Gasteiger charge is -2.07. The second-order valence-corrected chi connectivity index (χ2v) is 5.48. The number of hydrogen-bond acceptors (Lipinski definition) is 1. The van der Waals surface area contributed by atoms with Gasteiger partial charge in [0.05, 0.1) is 12.1 Å². The van der Waals surface area contributed by atoms with Crippen molar-refractivity contribution in [3.8, 4) is 0 Å². The molecule has 0 unspecified atom stereocenters. The standard InChI is InChI=1S/C18H17FN2O/c1-11-7-8-17(15(19)9-11)21-18(22)10-14-12(2)20-16-6-4-3-5-13(14)16/h3-9,20H,10H2,1-2H3,(H,21,22). The van der Waals surface area contributed by atoms with Crippen LogP contribution in [0, 0.1) is 19.7 Å². The van der Waals surface area contributed by atoms with Crippen LogP contribution in [0.15, 0.2) is 42.5 Å². The van der Waals surface area contributed by atoms with Gasteiger partial charge in [0.2, 0.25) is 5.91 Å². The molecule has 0 fully saturated rings. The Labute approximate surface area is 128 Å². The SMILES string of the molecule is Cc1ccc(NC(=O)Cc2c(C)[nH]c3ccccc23)c(F)c1. The second-order valence-electron chi connectivity index (χ2n) is 5.48. The Morgan fingerprint density at radius 3 is 2.73 bits per heavy atom. The van der Waals surface area contributed by atoms with Gasteiger partial charge in [-0.2, -0.15) is 0 Å². The first kappa shape index (κ1) is 14.3. The molecule has 0 saturated heterocycles. The monoisotopic (exact) mass is 296 g/mol. The van der Waals surface area contributed by atoms with Crippen LogP contribution in [-0.2, 0) is 11.2 Å². The lowest BCUT2D eigenvalue weighted by molar-refractivity contribution is -0.115. The summed E-state index contributed by atoms with van der Waals surface area (Å²) in [6, 6.07) is 12.6. The Bertz CT molecular complexity index is 851. The van der Waals surface area contributed by atoms with Gasteiger partial charge in [-0.25, -0.2) is 4.39 Å². The Morgan fingerprint density at radius 1 is 1.18 bits per heavy atom. The van der Waals surface area contributed by atoms with Crippen LogP contribution in [0.25, 0.3) is 10.9 Å². The number of hydrogen-bond donors (Lipinski definition) is 2. The molecule has 3 nitrogen and oxygen atoms in total. The normalized spacial score (nSPS) is 10.9. The van der Waals surface area contributed by atoms with Gasteiger partial charge in [-0.15, -0.1) is 0 Å². The largest absolute Gasteiger partial charge is 0.358 e. The smallest absolute Gasteiger partial charge is 0.228 e. The predicted molar refractivity (Wildman–Crippen MR) is 86.5 cm³/mol. The van der Waals surface area contributed by atoms with Crippen LogP contribution in [0.4, 0.5) is 10.1 Å². The molecule has 0 bridgehead atoms. The van der Waals surface area contributed by atoms with Crippen molar-refractivity contribution in [2.75, 3.05) is 5.32 Å². The number of aryl methyl sites for hydroxylation is 2. The van der Waals surface area contributed by atoms with E-state index in [1.54, 1.807) is 12.1 Å². The molecule has 0 atom stereocenters. The highest BCUT2D eigenvalue weighted by atomic mass is 19.1. The van der Waals surface area contributed by atoms with E-state index >= 15 is 0 Å². The summed E-state index contributed by atoms with van der Waals surface area (Å²) in [5.74, 6) is -0.639. The minimum Gasteiger partial charge on any atom is -0.358 e. The third-order valence-electron chi connectivity index (χ3n) is 3.76. The fraction of sp³-hybridized carbons (Fsp3) is 0.167. The third kappa shape index (κ3) is 2.72. The number of benzene rings is 2. The number of halogens is 1. The summed E-state index contributed by atoms with van der Waals surface area (Å²) in [5, 5.41) is 3.67. The highest BCUT2D eigenvalue weighted by Gasteiger charge is 2.13. The van der Waals surface area contributed by atoms with Crippen molar-refractivity contribution in [1.29, 1.82) is 0 Å². The van der Waals surface area contributed by atoms with E-state index in [1.807, 2.05) is 38.1 Å². The molecule has 4 heteroatoms. The molecule has 112 valence electrons. The molecule has 3 rings (SSSR count). The van der Waals surface area contributed by atoms with Crippen LogP contribution in [0.2, 0.25) is 0 Å². The van der Waals surface area contributed by atoms with E-state index < -0.39 is 5.82 Å². The van der Waals surface area contributed by atoms with Crippen molar-refractivity contribution in [3.05, 3.63) is 65.1 Å². The molecule has 1 amide bonds. The number of anilines is 1. The molecule has 3 aromatic rings. The van der Waals surface area contributed by atoms with Gasteiger partial charge in [-0.1, -0.05) is 24.3 Å². The summed E-state index contributed by atoms with van der Waals surface area (Å²) in [7, 11) is 0. The number of H-pyrrole nitrogens is 1. The van der Waals surface area contributed by atoms with E-state index in [0.29, 0.717) is 0 Å². The molecule has 2 N–H and O–H groups in total. The van der Waals surface area contributed by atoms with Crippen LogP contribution >= 0.6 is 0 Å². The predicted octanol–water partition coefficient (Wildman–Crippen LogP) is 4.11. The van der Waals surface area contributed by atoms with E-state index in [-0.39, 0.29) is 18.0 Å². The summed E-state index contributed by atoms with van der Waals surface area (Å²) in [6.07, 6.45) is 0.211. The van der Waals surface area contributed by atoms with Crippen LogP contribution in [0.1, 0.15) is 16.8 Å². The number of rotatable bonds is 3. The first-order chi connectivity index (χ1) is 10.5. The molecule has 1 aromatic heterocycles. The maximum atomic E-state index is 13.8. The van der Waals surface area contributed by atoms with E-state index in [9.17, 15) is 9.18 Å². The number of carbonyl (C=O) groups is 1. The highest BCUT2D eigenvalue weighted by molar-refractivity contribution is 5.96. The number of nitrogens with one attached hydrogen (secondary N) is 2.